The number of β-amino-alcohol motifs (C(OH)–C–C–N with tert-alkyl or cyclic N) is 1. The summed E-state index contributed by atoms with van der Waals surface area (Å²) in [7, 11) is 1.62. The van der Waals surface area contributed by atoms with Gasteiger partial charge in [-0.1, -0.05) is 19.1 Å². The van der Waals surface area contributed by atoms with Gasteiger partial charge >= 0.3 is 0 Å². The Morgan fingerprint density at radius 3 is 3.00 bits per heavy atom. The van der Waals surface area contributed by atoms with Gasteiger partial charge in [-0.25, -0.2) is 0 Å². The van der Waals surface area contributed by atoms with E-state index in [4.69, 9.17) is 9.15 Å². The number of methoxy groups -OCH3 is 1. The highest BCUT2D eigenvalue weighted by Crippen LogP contribution is 2.35. The minimum Gasteiger partial charge on any atom is -0.497 e. The van der Waals surface area contributed by atoms with E-state index in [1.165, 1.54) is 0 Å². The number of nitrogens with zero attached hydrogens (tertiary/aromatic N) is 1. The first-order valence-electron chi connectivity index (χ1n) is 8.33. The lowest BCUT2D eigenvalue weighted by atomic mass is 10.0. The molecule has 0 unspecified atom stereocenters. The van der Waals surface area contributed by atoms with Gasteiger partial charge < -0.3 is 19.2 Å². The van der Waals surface area contributed by atoms with Gasteiger partial charge in [0.15, 0.2) is 0 Å². The van der Waals surface area contributed by atoms with Gasteiger partial charge in [0.05, 0.1) is 31.1 Å². The number of hydrogen-bond acceptors (Lipinski definition) is 4. The van der Waals surface area contributed by atoms with Gasteiger partial charge in [0.1, 0.15) is 11.5 Å². The fourth-order valence-corrected chi connectivity index (χ4v) is 3.31. The number of benzene rings is 1. The molecule has 1 N–H and O–H groups in total. The Hall–Kier alpha value is -2.27. The lowest BCUT2D eigenvalue weighted by molar-refractivity contribution is 0.0713. The Bertz CT molecular complexity index is 709. The molecule has 2 atom stereocenters. The molecule has 2 heterocycles. The van der Waals surface area contributed by atoms with Gasteiger partial charge in [0.25, 0.3) is 5.91 Å². The Morgan fingerprint density at radius 2 is 2.25 bits per heavy atom. The summed E-state index contributed by atoms with van der Waals surface area (Å²) in [5.74, 6) is 1.38. The number of likely N-dealkylation sites (tertiary alicyclic amines) is 1. The van der Waals surface area contributed by atoms with Crippen LogP contribution in [0.5, 0.6) is 5.75 Å². The average molecular weight is 329 g/mol. The van der Waals surface area contributed by atoms with Crippen LogP contribution in [0, 0.1) is 0 Å². The maximum absolute atomic E-state index is 13.0. The minimum absolute atomic E-state index is 0.0865. The van der Waals surface area contributed by atoms with Crippen LogP contribution in [0.15, 0.2) is 41.0 Å². The summed E-state index contributed by atoms with van der Waals surface area (Å²) in [5.41, 5.74) is 1.57. The predicted octanol–water partition coefficient (Wildman–Crippen LogP) is 3.19. The number of ether oxygens (including phenoxy) is 1. The molecular formula is C19H23NO4. The first-order valence-corrected chi connectivity index (χ1v) is 8.33. The number of amides is 1. The third-order valence-corrected chi connectivity index (χ3v) is 4.47. The summed E-state index contributed by atoms with van der Waals surface area (Å²) in [4.78, 5) is 14.8. The molecule has 5 heteroatoms. The van der Waals surface area contributed by atoms with Crippen molar-refractivity contribution in [2.75, 3.05) is 13.7 Å². The van der Waals surface area contributed by atoms with E-state index in [1.807, 2.05) is 24.3 Å². The molecule has 0 radical (unpaired) electrons. The SMILES string of the molecule is CCCc1occc1C(=O)N1C[C@H](O)C[C@@H]1c1cccc(OC)c1. The largest absolute Gasteiger partial charge is 0.497 e. The number of aryl methyl sites for hydroxylation is 1. The lowest BCUT2D eigenvalue weighted by Crippen LogP contribution is -2.32. The molecule has 0 saturated carbocycles. The molecule has 0 aliphatic carbocycles. The van der Waals surface area contributed by atoms with Gasteiger partial charge in [-0.3, -0.25) is 4.79 Å². The number of aliphatic hydroxyl groups is 1. The van der Waals surface area contributed by atoms with Crippen LogP contribution in [0.25, 0.3) is 0 Å². The van der Waals surface area contributed by atoms with Crippen molar-refractivity contribution in [3.05, 3.63) is 53.5 Å². The summed E-state index contributed by atoms with van der Waals surface area (Å²) in [6.07, 6.45) is 3.21. The molecule has 0 spiro atoms. The molecule has 1 saturated heterocycles. The second kappa shape index (κ2) is 7.09. The van der Waals surface area contributed by atoms with Gasteiger partial charge in [-0.15, -0.1) is 0 Å². The summed E-state index contributed by atoms with van der Waals surface area (Å²) in [5, 5.41) is 10.1. The molecule has 5 nitrogen and oxygen atoms in total. The smallest absolute Gasteiger partial charge is 0.258 e. The topological polar surface area (TPSA) is 62.9 Å². The van der Waals surface area contributed by atoms with Gasteiger partial charge in [-0.05, 0) is 36.6 Å². The minimum atomic E-state index is -0.522. The van der Waals surface area contributed by atoms with Crippen molar-refractivity contribution in [3.8, 4) is 5.75 Å². The molecule has 128 valence electrons. The van der Waals surface area contributed by atoms with Crippen molar-refractivity contribution >= 4 is 5.91 Å². The average Bonchev–Trinajstić information content (AvgIpc) is 3.21. The molecule has 1 aliphatic rings. The van der Waals surface area contributed by atoms with Gasteiger partial charge in [0.2, 0.25) is 0 Å². The molecule has 1 aromatic carbocycles. The van der Waals surface area contributed by atoms with Crippen LogP contribution in [-0.2, 0) is 6.42 Å². The number of carbonyl (C=O) groups excluding carboxylic acids is 1. The normalized spacial score (nSPS) is 20.4. The fourth-order valence-electron chi connectivity index (χ4n) is 3.31. The van der Waals surface area contributed by atoms with Crippen molar-refractivity contribution in [1.29, 1.82) is 0 Å². The van der Waals surface area contributed by atoms with Crippen molar-refractivity contribution in [1.82, 2.24) is 4.90 Å². The standard InChI is InChI=1S/C19H23NO4/c1-3-5-18-16(8-9-24-18)19(22)20-12-14(21)11-17(20)13-6-4-7-15(10-13)23-2/h4,6-10,14,17,21H,3,5,11-12H2,1-2H3/t14-,17-/m1/s1. The highest BCUT2D eigenvalue weighted by atomic mass is 16.5. The van der Waals surface area contributed by atoms with Gasteiger partial charge in [0, 0.05) is 13.0 Å². The molecule has 24 heavy (non-hydrogen) atoms. The highest BCUT2D eigenvalue weighted by molar-refractivity contribution is 5.95. The van der Waals surface area contributed by atoms with Crippen LogP contribution >= 0.6 is 0 Å². The number of furan rings is 1. The summed E-state index contributed by atoms with van der Waals surface area (Å²) in [6.45, 7) is 2.38. The quantitative estimate of drug-likeness (QED) is 0.915. The molecule has 0 bridgehead atoms. The lowest BCUT2D eigenvalue weighted by Gasteiger charge is -2.25. The first kappa shape index (κ1) is 16.6. The van der Waals surface area contributed by atoms with E-state index in [-0.39, 0.29) is 11.9 Å². The van der Waals surface area contributed by atoms with Crippen molar-refractivity contribution in [2.24, 2.45) is 0 Å². The fraction of sp³-hybridized carbons (Fsp3) is 0.421. The summed E-state index contributed by atoms with van der Waals surface area (Å²) in [6, 6.07) is 9.23. The Kier molecular flexibility index (Phi) is 4.90. The third kappa shape index (κ3) is 3.17. The van der Waals surface area contributed by atoms with E-state index in [1.54, 1.807) is 24.3 Å². The zero-order valence-corrected chi connectivity index (χ0v) is 14.1. The van der Waals surface area contributed by atoms with Crippen molar-refractivity contribution in [2.45, 2.75) is 38.3 Å². The highest BCUT2D eigenvalue weighted by Gasteiger charge is 2.36. The molecule has 1 amide bonds. The molecule has 3 rings (SSSR count). The van der Waals surface area contributed by atoms with Crippen LogP contribution < -0.4 is 4.74 Å². The van der Waals surface area contributed by atoms with Gasteiger partial charge in [-0.2, -0.15) is 0 Å². The zero-order chi connectivity index (χ0) is 17.1. The van der Waals surface area contributed by atoms with E-state index in [9.17, 15) is 9.90 Å². The second-order valence-electron chi connectivity index (χ2n) is 6.15. The zero-order valence-electron chi connectivity index (χ0n) is 14.1. The van der Waals surface area contributed by atoms with Crippen molar-refractivity contribution < 1.29 is 19.1 Å². The number of hydrogen-bond donors (Lipinski definition) is 1. The Labute approximate surface area is 141 Å². The van der Waals surface area contributed by atoms with E-state index in [0.717, 1.165) is 24.2 Å². The first-order chi connectivity index (χ1) is 11.6. The molecule has 1 fully saturated rings. The van der Waals surface area contributed by atoms with E-state index < -0.39 is 6.10 Å². The van der Waals surface area contributed by atoms with E-state index >= 15 is 0 Å². The number of aliphatic hydroxyl groups excluding tert-OH is 1. The Balaban J connectivity index is 1.89. The maximum Gasteiger partial charge on any atom is 0.258 e. The number of carbonyl (C=O) groups is 1. The molecule has 2 aromatic rings. The van der Waals surface area contributed by atoms with Crippen LogP contribution in [-0.4, -0.2) is 35.7 Å². The van der Waals surface area contributed by atoms with Crippen LogP contribution in [0.2, 0.25) is 0 Å². The Morgan fingerprint density at radius 1 is 1.42 bits per heavy atom. The van der Waals surface area contributed by atoms with Crippen LogP contribution in [0.4, 0.5) is 0 Å². The molecular weight excluding hydrogens is 306 g/mol. The third-order valence-electron chi connectivity index (χ3n) is 4.47. The van der Waals surface area contributed by atoms with Crippen LogP contribution in [0.3, 0.4) is 0 Å². The van der Waals surface area contributed by atoms with Crippen LogP contribution in [0.1, 0.15) is 47.5 Å². The summed E-state index contributed by atoms with van der Waals surface area (Å²) < 4.78 is 10.7. The number of rotatable bonds is 5. The van der Waals surface area contributed by atoms with E-state index in [2.05, 4.69) is 6.92 Å². The predicted molar refractivity (Wildman–Crippen MR) is 90.1 cm³/mol. The molecule has 1 aliphatic heterocycles. The monoisotopic (exact) mass is 329 g/mol. The second-order valence-corrected chi connectivity index (χ2v) is 6.15. The van der Waals surface area contributed by atoms with Crippen molar-refractivity contribution in [3.63, 3.8) is 0 Å². The molecule has 1 aromatic heterocycles. The summed E-state index contributed by atoms with van der Waals surface area (Å²) >= 11 is 0. The maximum atomic E-state index is 13.0. The van der Waals surface area contributed by atoms with E-state index in [0.29, 0.717) is 24.3 Å².